The number of hydrogen-bond donors (Lipinski definition) is 2. The molecule has 2 aromatic carbocycles. The number of methoxy groups -OCH3 is 1. The van der Waals surface area contributed by atoms with Gasteiger partial charge >= 0.3 is 0 Å². The van der Waals surface area contributed by atoms with Gasteiger partial charge in [-0.15, -0.1) is 0 Å². The molecule has 3 saturated heterocycles. The van der Waals surface area contributed by atoms with Gasteiger partial charge in [-0.3, -0.25) is 14.5 Å². The second kappa shape index (κ2) is 14.6. The van der Waals surface area contributed by atoms with E-state index < -0.39 is 17.7 Å². The number of likely N-dealkylation sites (N-methyl/N-ethyl adjacent to an activating group) is 1. The fourth-order valence-corrected chi connectivity index (χ4v) is 6.74. The molecule has 250 valence electrons. The number of nitrogens with one attached hydrogen (secondary N) is 2. The zero-order chi connectivity index (χ0) is 32.9. The summed E-state index contributed by atoms with van der Waals surface area (Å²) in [5.74, 6) is -0.195. The second-order valence-corrected chi connectivity index (χ2v) is 12.0. The van der Waals surface area contributed by atoms with E-state index >= 15 is 0 Å². The van der Waals surface area contributed by atoms with E-state index in [9.17, 15) is 13.6 Å². The molecule has 0 saturated carbocycles. The van der Waals surface area contributed by atoms with Crippen LogP contribution in [0.1, 0.15) is 37.8 Å². The number of hydrogen-bond acceptors (Lipinski definition) is 10. The highest BCUT2D eigenvalue weighted by molar-refractivity contribution is 6.02. The first-order valence-electron chi connectivity index (χ1n) is 16.2. The molecule has 11 nitrogen and oxygen atoms in total. The molecular weight excluding hydrogens is 606 g/mol. The lowest BCUT2D eigenvalue weighted by molar-refractivity contribution is -0.111. The number of aromatic nitrogens is 2. The number of hydroxylamine groups is 1. The third kappa shape index (κ3) is 7.47. The molecule has 1 unspecified atom stereocenters. The van der Waals surface area contributed by atoms with E-state index in [0.717, 1.165) is 70.4 Å². The van der Waals surface area contributed by atoms with Crippen molar-refractivity contribution in [2.75, 3.05) is 80.1 Å². The maximum absolute atomic E-state index is 14.0. The van der Waals surface area contributed by atoms with Crippen LogP contribution in [0.3, 0.4) is 0 Å². The number of carbonyl (C=O) groups is 1. The number of amides is 1. The van der Waals surface area contributed by atoms with Crippen LogP contribution in [-0.4, -0.2) is 91.2 Å². The molecule has 1 aromatic heterocycles. The van der Waals surface area contributed by atoms with Crippen molar-refractivity contribution in [1.29, 1.82) is 0 Å². The van der Waals surface area contributed by atoms with Crippen molar-refractivity contribution in [2.45, 2.75) is 38.3 Å². The van der Waals surface area contributed by atoms with Crippen LogP contribution in [0.4, 0.5) is 37.5 Å². The molecule has 47 heavy (non-hydrogen) atoms. The summed E-state index contributed by atoms with van der Waals surface area (Å²) in [7, 11) is 1.60. The summed E-state index contributed by atoms with van der Waals surface area (Å²) >= 11 is 0. The molecule has 3 aliphatic rings. The molecule has 0 spiro atoms. The smallest absolute Gasteiger partial charge is 0.247 e. The van der Waals surface area contributed by atoms with Crippen LogP contribution >= 0.6 is 0 Å². The summed E-state index contributed by atoms with van der Waals surface area (Å²) in [5, 5.41) is 7.82. The minimum atomic E-state index is -0.651. The number of piperidine rings is 1. The fourth-order valence-electron chi connectivity index (χ4n) is 6.74. The normalized spacial score (nSPS) is 19.5. The van der Waals surface area contributed by atoms with Crippen LogP contribution in [-0.2, 0) is 9.63 Å². The van der Waals surface area contributed by atoms with Gasteiger partial charge in [0.15, 0.2) is 5.82 Å². The number of anilines is 5. The highest BCUT2D eigenvalue weighted by Crippen LogP contribution is 2.40. The number of carbonyl (C=O) groups excluding carboxylic acids is 1. The molecule has 1 amide bonds. The van der Waals surface area contributed by atoms with Gasteiger partial charge in [0, 0.05) is 69.9 Å². The van der Waals surface area contributed by atoms with Crippen LogP contribution in [0.25, 0.3) is 0 Å². The number of rotatable bonds is 10. The summed E-state index contributed by atoms with van der Waals surface area (Å²) in [4.78, 5) is 34.5. The molecule has 3 fully saturated rings. The van der Waals surface area contributed by atoms with Crippen molar-refractivity contribution >= 4 is 34.6 Å². The van der Waals surface area contributed by atoms with Gasteiger partial charge in [0.05, 0.1) is 36.8 Å². The zero-order valence-corrected chi connectivity index (χ0v) is 26.9. The second-order valence-electron chi connectivity index (χ2n) is 12.0. The minimum absolute atomic E-state index is 0.318. The molecule has 0 bridgehead atoms. The zero-order valence-electron chi connectivity index (χ0n) is 26.9. The van der Waals surface area contributed by atoms with Crippen molar-refractivity contribution in [3.8, 4) is 5.75 Å². The Morgan fingerprint density at radius 1 is 1.00 bits per heavy atom. The molecule has 3 aromatic rings. The third-order valence-corrected chi connectivity index (χ3v) is 9.25. The fraction of sp³-hybridized carbons (Fsp3) is 0.441. The van der Waals surface area contributed by atoms with E-state index in [1.807, 2.05) is 12.1 Å². The van der Waals surface area contributed by atoms with E-state index in [4.69, 9.17) is 9.57 Å². The van der Waals surface area contributed by atoms with Crippen molar-refractivity contribution in [2.24, 2.45) is 0 Å². The molecule has 13 heteroatoms. The number of halogens is 2. The average molecular weight is 649 g/mol. The lowest BCUT2D eigenvalue weighted by Gasteiger charge is -2.43. The van der Waals surface area contributed by atoms with Crippen LogP contribution in [0.5, 0.6) is 5.75 Å². The van der Waals surface area contributed by atoms with Crippen LogP contribution in [0.15, 0.2) is 55.4 Å². The van der Waals surface area contributed by atoms with Crippen LogP contribution < -0.4 is 25.3 Å². The number of piperazine rings is 1. The van der Waals surface area contributed by atoms with Gasteiger partial charge in [-0.1, -0.05) is 13.5 Å². The van der Waals surface area contributed by atoms with Gasteiger partial charge < -0.3 is 25.2 Å². The monoisotopic (exact) mass is 648 g/mol. The molecule has 2 N–H and O–H groups in total. The maximum Gasteiger partial charge on any atom is 0.247 e. The molecule has 0 aliphatic carbocycles. The van der Waals surface area contributed by atoms with E-state index in [-0.39, 0.29) is 5.91 Å². The van der Waals surface area contributed by atoms with Crippen LogP contribution in [0.2, 0.25) is 0 Å². The van der Waals surface area contributed by atoms with Crippen molar-refractivity contribution in [3.63, 3.8) is 0 Å². The molecule has 4 heterocycles. The summed E-state index contributed by atoms with van der Waals surface area (Å²) in [6.45, 7) is 13.5. The van der Waals surface area contributed by atoms with Crippen LogP contribution in [0, 0.1) is 11.6 Å². The van der Waals surface area contributed by atoms with Gasteiger partial charge in [-0.05, 0) is 49.2 Å². The minimum Gasteiger partial charge on any atom is -0.494 e. The van der Waals surface area contributed by atoms with E-state index in [2.05, 4.69) is 48.8 Å². The Hall–Kier alpha value is -4.33. The van der Waals surface area contributed by atoms with Crippen molar-refractivity contribution in [1.82, 2.24) is 19.8 Å². The Kier molecular flexibility index (Phi) is 10.1. The Morgan fingerprint density at radius 2 is 1.74 bits per heavy atom. The third-order valence-electron chi connectivity index (χ3n) is 9.25. The summed E-state index contributed by atoms with van der Waals surface area (Å²) in [6, 6.07) is 9.02. The largest absolute Gasteiger partial charge is 0.494 e. The topological polar surface area (TPSA) is 98.3 Å². The molecule has 1 atom stereocenters. The van der Waals surface area contributed by atoms with Gasteiger partial charge in [-0.2, -0.15) is 0 Å². The first-order valence-corrected chi connectivity index (χ1v) is 16.2. The van der Waals surface area contributed by atoms with E-state index in [1.54, 1.807) is 18.2 Å². The highest BCUT2D eigenvalue weighted by atomic mass is 19.1. The predicted molar refractivity (Wildman–Crippen MR) is 178 cm³/mol. The van der Waals surface area contributed by atoms with Gasteiger partial charge in [0.2, 0.25) is 5.91 Å². The first kappa shape index (κ1) is 32.6. The first-order chi connectivity index (χ1) is 22.8. The van der Waals surface area contributed by atoms with E-state index in [1.165, 1.54) is 24.5 Å². The van der Waals surface area contributed by atoms with Gasteiger partial charge in [0.25, 0.3) is 0 Å². The maximum atomic E-state index is 14.0. The Bertz CT molecular complexity index is 1560. The number of benzene rings is 2. The summed E-state index contributed by atoms with van der Waals surface area (Å²) < 4.78 is 33.8. The summed E-state index contributed by atoms with van der Waals surface area (Å²) in [5.41, 5.74) is 2.53. The van der Waals surface area contributed by atoms with Gasteiger partial charge in [-0.25, -0.2) is 23.8 Å². The van der Waals surface area contributed by atoms with E-state index in [0.29, 0.717) is 53.4 Å². The highest BCUT2D eigenvalue weighted by Gasteiger charge is 2.31. The quantitative estimate of drug-likeness (QED) is 0.289. The van der Waals surface area contributed by atoms with Crippen molar-refractivity contribution < 1.29 is 23.1 Å². The predicted octanol–water partition coefficient (Wildman–Crippen LogP) is 5.12. The number of nitrogens with zero attached hydrogens (tertiary/aromatic N) is 6. The standard InChI is InChI=1S/C34H42F2N8O3/c1-4-34(45)40-27-19-28(31(46-3)20-30(27)43-9-6-26(7-10-43)42-13-11-41(5-2)12-14-42)39-32-21-33(38-22-37-32)44-29(8-15-47-44)23-16-24(35)18-25(36)17-23/h4,16-22,26,29H,1,5-15H2,2-3H3,(H,40,45)(H,37,38,39). The summed E-state index contributed by atoms with van der Waals surface area (Å²) in [6.07, 6.45) is 5.24. The SMILES string of the molecule is C=CC(=O)Nc1cc(Nc2cc(N3OCCC3c3cc(F)cc(F)c3)ncn2)c(OC)cc1N1CCC(N2CCN(CC)CC2)CC1. The van der Waals surface area contributed by atoms with Gasteiger partial charge in [0.1, 0.15) is 29.5 Å². The molecular formula is C34H42F2N8O3. The van der Waals surface area contributed by atoms with Crippen molar-refractivity contribution in [3.05, 3.63) is 72.6 Å². The Labute approximate surface area is 274 Å². The molecule has 0 radical (unpaired) electrons. The Morgan fingerprint density at radius 3 is 2.43 bits per heavy atom. The Balaban J connectivity index is 1.21. The molecule has 3 aliphatic heterocycles. The number of ether oxygens (including phenoxy) is 1. The molecule has 6 rings (SSSR count). The average Bonchev–Trinajstić information content (AvgIpc) is 3.59. The lowest BCUT2D eigenvalue weighted by Crippen LogP contribution is -2.53. The lowest BCUT2D eigenvalue weighted by atomic mass is 10.0.